The zero-order chi connectivity index (χ0) is 7.49. The van der Waals surface area contributed by atoms with E-state index in [1.165, 1.54) is 6.92 Å². The summed E-state index contributed by atoms with van der Waals surface area (Å²) < 4.78 is 4.60. The Labute approximate surface area is 54.2 Å². The van der Waals surface area contributed by atoms with Crippen LogP contribution in [0.25, 0.3) is 0 Å². The lowest BCUT2D eigenvalue weighted by molar-refractivity contribution is -0.153. The molecule has 54 valence electrons. The third-order valence-corrected chi connectivity index (χ3v) is 0.782. The molecule has 0 radical (unpaired) electrons. The summed E-state index contributed by atoms with van der Waals surface area (Å²) >= 11 is 0. The molecule has 0 amide bonds. The summed E-state index contributed by atoms with van der Waals surface area (Å²) in [7, 11) is 0. The Kier molecular flexibility index (Phi) is 2.61. The Morgan fingerprint density at radius 3 is 2.33 bits per heavy atom. The predicted molar refractivity (Wildman–Crippen MR) is 33.4 cm³/mol. The SMILES string of the molecule is CC(=O)OC(C)(N)CN. The van der Waals surface area contributed by atoms with Gasteiger partial charge in [0.25, 0.3) is 0 Å². The molecule has 0 aliphatic heterocycles. The number of rotatable bonds is 2. The van der Waals surface area contributed by atoms with Gasteiger partial charge in [0.2, 0.25) is 0 Å². The maximum absolute atomic E-state index is 10.3. The van der Waals surface area contributed by atoms with E-state index < -0.39 is 11.7 Å². The average molecular weight is 132 g/mol. The number of hydrogen-bond acceptors (Lipinski definition) is 4. The van der Waals surface area contributed by atoms with E-state index in [1.807, 2.05) is 0 Å². The molecule has 0 heterocycles. The maximum atomic E-state index is 10.3. The molecule has 0 fully saturated rings. The molecule has 0 spiro atoms. The van der Waals surface area contributed by atoms with Crippen LogP contribution >= 0.6 is 0 Å². The molecule has 0 saturated carbocycles. The molecule has 0 aliphatic carbocycles. The number of hydrogen-bond donors (Lipinski definition) is 2. The summed E-state index contributed by atoms with van der Waals surface area (Å²) in [5, 5.41) is 0. The minimum Gasteiger partial charge on any atom is -0.443 e. The topological polar surface area (TPSA) is 78.3 Å². The summed E-state index contributed by atoms with van der Waals surface area (Å²) in [5.41, 5.74) is 9.49. The van der Waals surface area contributed by atoms with Crippen molar-refractivity contribution in [1.82, 2.24) is 0 Å². The molecule has 0 saturated heterocycles. The monoisotopic (exact) mass is 132 g/mol. The first-order valence-electron chi connectivity index (χ1n) is 2.66. The summed E-state index contributed by atoms with van der Waals surface area (Å²) in [6, 6.07) is 0. The van der Waals surface area contributed by atoms with E-state index in [0.717, 1.165) is 0 Å². The molecular weight excluding hydrogens is 120 g/mol. The van der Waals surface area contributed by atoms with E-state index in [4.69, 9.17) is 11.5 Å². The first-order chi connectivity index (χ1) is 3.98. The van der Waals surface area contributed by atoms with E-state index in [0.29, 0.717) is 0 Å². The Balaban J connectivity index is 3.71. The van der Waals surface area contributed by atoms with E-state index in [1.54, 1.807) is 6.92 Å². The van der Waals surface area contributed by atoms with Gasteiger partial charge in [-0.2, -0.15) is 0 Å². The predicted octanol–water partition coefficient (Wildman–Crippen LogP) is -0.817. The Bertz CT molecular complexity index is 112. The van der Waals surface area contributed by atoms with Crippen molar-refractivity contribution in [1.29, 1.82) is 0 Å². The molecule has 0 rings (SSSR count). The van der Waals surface area contributed by atoms with Crippen molar-refractivity contribution in [3.63, 3.8) is 0 Å². The number of carbonyl (C=O) groups is 1. The van der Waals surface area contributed by atoms with Gasteiger partial charge in [-0.25, -0.2) is 0 Å². The van der Waals surface area contributed by atoms with E-state index in [2.05, 4.69) is 4.74 Å². The first kappa shape index (κ1) is 8.39. The van der Waals surface area contributed by atoms with Gasteiger partial charge < -0.3 is 10.5 Å². The summed E-state index contributed by atoms with van der Waals surface area (Å²) in [6.45, 7) is 2.97. The van der Waals surface area contributed by atoms with Crippen LogP contribution in [0.5, 0.6) is 0 Å². The van der Waals surface area contributed by atoms with E-state index in [9.17, 15) is 4.79 Å². The lowest BCUT2D eigenvalue weighted by Crippen LogP contribution is -2.47. The lowest BCUT2D eigenvalue weighted by atomic mass is 10.3. The molecule has 0 aromatic heterocycles. The van der Waals surface area contributed by atoms with Gasteiger partial charge in [-0.05, 0) is 6.92 Å². The van der Waals surface area contributed by atoms with Crippen molar-refractivity contribution in [3.8, 4) is 0 Å². The van der Waals surface area contributed by atoms with Crippen LogP contribution in [0.2, 0.25) is 0 Å². The molecule has 0 aromatic carbocycles. The fourth-order valence-electron chi connectivity index (χ4n) is 0.370. The van der Waals surface area contributed by atoms with Crippen molar-refractivity contribution < 1.29 is 9.53 Å². The molecular formula is C5H12N2O2. The summed E-state index contributed by atoms with van der Waals surface area (Å²) in [5.74, 6) is -0.412. The zero-order valence-electron chi connectivity index (χ0n) is 5.68. The Hall–Kier alpha value is -0.610. The molecule has 0 bridgehead atoms. The Morgan fingerprint density at radius 2 is 2.22 bits per heavy atom. The van der Waals surface area contributed by atoms with Gasteiger partial charge in [0, 0.05) is 13.5 Å². The molecule has 1 unspecified atom stereocenters. The minimum absolute atomic E-state index is 0.132. The minimum atomic E-state index is -1.01. The van der Waals surface area contributed by atoms with Crippen LogP contribution in [0.4, 0.5) is 0 Å². The third-order valence-electron chi connectivity index (χ3n) is 0.782. The van der Waals surface area contributed by atoms with Crippen LogP contribution in [-0.2, 0) is 9.53 Å². The fourth-order valence-corrected chi connectivity index (χ4v) is 0.370. The van der Waals surface area contributed by atoms with Gasteiger partial charge in [-0.3, -0.25) is 10.5 Å². The van der Waals surface area contributed by atoms with Crippen LogP contribution in [0, 0.1) is 0 Å². The largest absolute Gasteiger partial charge is 0.443 e. The van der Waals surface area contributed by atoms with Crippen LogP contribution in [0.15, 0.2) is 0 Å². The second kappa shape index (κ2) is 2.80. The quantitative estimate of drug-likeness (QED) is 0.380. The highest BCUT2D eigenvalue weighted by molar-refractivity contribution is 5.66. The molecule has 9 heavy (non-hydrogen) atoms. The van der Waals surface area contributed by atoms with Crippen molar-refractivity contribution in [3.05, 3.63) is 0 Å². The molecule has 4 heteroatoms. The van der Waals surface area contributed by atoms with Crippen LogP contribution < -0.4 is 11.5 Å². The summed E-state index contributed by atoms with van der Waals surface area (Å²) in [6.07, 6.45) is 0. The van der Waals surface area contributed by atoms with Crippen molar-refractivity contribution in [2.24, 2.45) is 11.5 Å². The average Bonchev–Trinajstić information content (AvgIpc) is 1.63. The zero-order valence-corrected chi connectivity index (χ0v) is 5.68. The fraction of sp³-hybridized carbons (Fsp3) is 0.800. The lowest BCUT2D eigenvalue weighted by Gasteiger charge is -2.21. The van der Waals surface area contributed by atoms with Gasteiger partial charge in [0.15, 0.2) is 5.72 Å². The van der Waals surface area contributed by atoms with Crippen molar-refractivity contribution >= 4 is 5.97 Å². The van der Waals surface area contributed by atoms with Gasteiger partial charge in [0.05, 0.1) is 0 Å². The Morgan fingerprint density at radius 1 is 1.78 bits per heavy atom. The number of ether oxygens (including phenoxy) is 1. The highest BCUT2D eigenvalue weighted by atomic mass is 16.6. The van der Waals surface area contributed by atoms with Gasteiger partial charge >= 0.3 is 5.97 Å². The summed E-state index contributed by atoms with van der Waals surface area (Å²) in [4.78, 5) is 10.3. The molecule has 4 nitrogen and oxygen atoms in total. The van der Waals surface area contributed by atoms with Gasteiger partial charge in [0.1, 0.15) is 0 Å². The number of esters is 1. The van der Waals surface area contributed by atoms with Crippen LogP contribution in [0.3, 0.4) is 0 Å². The van der Waals surface area contributed by atoms with Gasteiger partial charge in [-0.1, -0.05) is 0 Å². The molecule has 0 aliphatic rings. The highest BCUT2D eigenvalue weighted by Gasteiger charge is 2.18. The maximum Gasteiger partial charge on any atom is 0.304 e. The van der Waals surface area contributed by atoms with E-state index in [-0.39, 0.29) is 6.54 Å². The second-order valence-electron chi connectivity index (χ2n) is 2.11. The molecule has 1 atom stereocenters. The number of nitrogens with two attached hydrogens (primary N) is 2. The smallest absolute Gasteiger partial charge is 0.304 e. The standard InChI is InChI=1S/C5H12N2O2/c1-4(8)9-5(2,7)3-6/h3,6-7H2,1-2H3. The number of carbonyl (C=O) groups excluding carboxylic acids is 1. The van der Waals surface area contributed by atoms with E-state index >= 15 is 0 Å². The second-order valence-corrected chi connectivity index (χ2v) is 2.11. The normalized spacial score (nSPS) is 16.4. The molecule has 0 aromatic rings. The third kappa shape index (κ3) is 3.93. The van der Waals surface area contributed by atoms with Crippen molar-refractivity contribution in [2.75, 3.05) is 6.54 Å². The highest BCUT2D eigenvalue weighted by Crippen LogP contribution is 1.97. The van der Waals surface area contributed by atoms with Crippen LogP contribution in [0.1, 0.15) is 13.8 Å². The first-order valence-corrected chi connectivity index (χ1v) is 2.66. The van der Waals surface area contributed by atoms with Crippen molar-refractivity contribution in [2.45, 2.75) is 19.6 Å². The molecule has 4 N–H and O–H groups in total. The van der Waals surface area contributed by atoms with Gasteiger partial charge in [-0.15, -0.1) is 0 Å². The van der Waals surface area contributed by atoms with Crippen LogP contribution in [-0.4, -0.2) is 18.2 Å².